The van der Waals surface area contributed by atoms with E-state index in [0.717, 1.165) is 18.7 Å². The van der Waals surface area contributed by atoms with Crippen LogP contribution in [0, 0.1) is 5.82 Å². The minimum atomic E-state index is -3.74. The van der Waals surface area contributed by atoms with Gasteiger partial charge in [0.05, 0.1) is 12.5 Å². The van der Waals surface area contributed by atoms with E-state index in [4.69, 9.17) is 4.74 Å². The van der Waals surface area contributed by atoms with Gasteiger partial charge in [0.1, 0.15) is 4.90 Å². The van der Waals surface area contributed by atoms with Crippen LogP contribution in [-0.2, 0) is 20.0 Å². The van der Waals surface area contributed by atoms with E-state index in [-0.39, 0.29) is 11.3 Å². The molecule has 1 aliphatic rings. The van der Waals surface area contributed by atoms with Gasteiger partial charge in [-0.15, -0.1) is 0 Å². The smallest absolute Gasteiger partial charge is 0.314 e. The molecule has 0 aromatic heterocycles. The summed E-state index contributed by atoms with van der Waals surface area (Å²) >= 11 is 0. The molecule has 5 nitrogen and oxygen atoms in total. The van der Waals surface area contributed by atoms with Gasteiger partial charge < -0.3 is 9.84 Å². The van der Waals surface area contributed by atoms with Crippen molar-refractivity contribution in [2.45, 2.75) is 29.6 Å². The molecular weight excluding hydrogens is 287 g/mol. The van der Waals surface area contributed by atoms with Gasteiger partial charge >= 0.3 is 5.97 Å². The lowest BCUT2D eigenvalue weighted by atomic mass is 9.64. The Morgan fingerprint density at radius 2 is 2.00 bits per heavy atom. The van der Waals surface area contributed by atoms with Gasteiger partial charge in [0.15, 0.2) is 21.4 Å². The van der Waals surface area contributed by atoms with Crippen molar-refractivity contribution in [3.63, 3.8) is 0 Å². The second-order valence-electron chi connectivity index (χ2n) is 4.97. The summed E-state index contributed by atoms with van der Waals surface area (Å²) in [5.41, 5.74) is -0.981. The van der Waals surface area contributed by atoms with Gasteiger partial charge in [-0.25, -0.2) is 12.8 Å². The van der Waals surface area contributed by atoms with Crippen molar-refractivity contribution in [1.82, 2.24) is 0 Å². The van der Waals surface area contributed by atoms with E-state index in [0.29, 0.717) is 12.8 Å². The number of hydrogen-bond donors (Lipinski definition) is 1. The van der Waals surface area contributed by atoms with Crippen molar-refractivity contribution in [3.8, 4) is 5.75 Å². The molecule has 0 aliphatic heterocycles. The Balaban J connectivity index is 2.68. The highest BCUT2D eigenvalue weighted by Gasteiger charge is 2.48. The van der Waals surface area contributed by atoms with Gasteiger partial charge in [0.25, 0.3) is 0 Å². The van der Waals surface area contributed by atoms with E-state index in [1.165, 1.54) is 13.2 Å². The normalized spacial score (nSPS) is 17.4. The van der Waals surface area contributed by atoms with Gasteiger partial charge in [0.2, 0.25) is 0 Å². The van der Waals surface area contributed by atoms with Crippen molar-refractivity contribution >= 4 is 15.8 Å². The number of rotatable bonds is 4. The molecule has 20 heavy (non-hydrogen) atoms. The van der Waals surface area contributed by atoms with Crippen LogP contribution in [0.25, 0.3) is 0 Å². The second kappa shape index (κ2) is 4.73. The SMILES string of the molecule is COc1c(C2(C(=O)O)CCC2)ccc(S(C)(=O)=O)c1F. The zero-order valence-corrected chi connectivity index (χ0v) is 12.0. The maximum Gasteiger partial charge on any atom is 0.314 e. The first-order valence-corrected chi connectivity index (χ1v) is 7.93. The Hall–Kier alpha value is -1.63. The van der Waals surface area contributed by atoms with Crippen LogP contribution in [0.3, 0.4) is 0 Å². The second-order valence-corrected chi connectivity index (χ2v) is 6.96. The van der Waals surface area contributed by atoms with E-state index in [2.05, 4.69) is 0 Å². The number of aliphatic carboxylic acids is 1. The predicted molar refractivity (Wildman–Crippen MR) is 69.2 cm³/mol. The maximum atomic E-state index is 14.3. The number of ether oxygens (including phenoxy) is 1. The van der Waals surface area contributed by atoms with Crippen LogP contribution in [0.2, 0.25) is 0 Å². The Kier molecular flexibility index (Phi) is 3.49. The fourth-order valence-electron chi connectivity index (χ4n) is 2.53. The fourth-order valence-corrected chi connectivity index (χ4v) is 3.26. The Morgan fingerprint density at radius 3 is 2.35 bits per heavy atom. The first-order chi connectivity index (χ1) is 9.24. The highest BCUT2D eigenvalue weighted by molar-refractivity contribution is 7.90. The third kappa shape index (κ3) is 2.06. The first-order valence-electron chi connectivity index (χ1n) is 6.04. The summed E-state index contributed by atoms with van der Waals surface area (Å²) in [5.74, 6) is -2.37. The van der Waals surface area contributed by atoms with Crippen LogP contribution in [0.1, 0.15) is 24.8 Å². The average Bonchev–Trinajstić information content (AvgIpc) is 2.25. The summed E-state index contributed by atoms with van der Waals surface area (Å²) in [5, 5.41) is 9.38. The lowest BCUT2D eigenvalue weighted by Crippen LogP contribution is -2.42. The van der Waals surface area contributed by atoms with Crippen LogP contribution < -0.4 is 4.74 Å². The van der Waals surface area contributed by atoms with Gasteiger partial charge in [-0.1, -0.05) is 12.5 Å². The number of carboxylic acids is 1. The monoisotopic (exact) mass is 302 g/mol. The summed E-state index contributed by atoms with van der Waals surface area (Å²) in [6.07, 6.45) is 2.39. The quantitative estimate of drug-likeness (QED) is 0.916. The summed E-state index contributed by atoms with van der Waals surface area (Å²) in [4.78, 5) is 11.0. The molecule has 0 amide bonds. The summed E-state index contributed by atoms with van der Waals surface area (Å²) < 4.78 is 42.2. The molecule has 0 spiro atoms. The largest absolute Gasteiger partial charge is 0.493 e. The molecule has 0 radical (unpaired) electrons. The summed E-state index contributed by atoms with van der Waals surface area (Å²) in [6, 6.07) is 2.44. The van der Waals surface area contributed by atoms with E-state index in [1.54, 1.807) is 0 Å². The minimum absolute atomic E-state index is 0.198. The average molecular weight is 302 g/mol. The number of hydrogen-bond acceptors (Lipinski definition) is 4. The third-order valence-corrected chi connectivity index (χ3v) is 4.91. The number of carbonyl (C=O) groups is 1. The van der Waals surface area contributed by atoms with Gasteiger partial charge in [-0.05, 0) is 18.9 Å². The molecule has 0 heterocycles. The molecule has 1 aromatic carbocycles. The van der Waals surface area contributed by atoms with Crippen molar-refractivity contribution in [2.24, 2.45) is 0 Å². The summed E-state index contributed by atoms with van der Waals surface area (Å²) in [7, 11) is -2.54. The number of benzene rings is 1. The molecule has 7 heteroatoms. The topological polar surface area (TPSA) is 80.7 Å². The standard InChI is InChI=1S/C13H15FO5S/c1-19-11-8(13(12(15)16)6-3-7-13)4-5-9(10(11)14)20(2,17)18/h4-5H,3,6-7H2,1-2H3,(H,15,16). The molecule has 110 valence electrons. The van der Waals surface area contributed by atoms with Crippen LogP contribution in [0.15, 0.2) is 17.0 Å². The zero-order valence-electron chi connectivity index (χ0n) is 11.1. The third-order valence-electron chi connectivity index (χ3n) is 3.80. The number of methoxy groups -OCH3 is 1. The highest BCUT2D eigenvalue weighted by Crippen LogP contribution is 2.48. The molecule has 0 saturated heterocycles. The number of sulfone groups is 1. The predicted octanol–water partition coefficient (Wildman–Crippen LogP) is 1.74. The fraction of sp³-hybridized carbons (Fsp3) is 0.462. The lowest BCUT2D eigenvalue weighted by Gasteiger charge is -2.38. The van der Waals surface area contributed by atoms with E-state index in [1.807, 2.05) is 0 Å². The molecule has 1 aliphatic carbocycles. The number of halogens is 1. The van der Waals surface area contributed by atoms with Crippen molar-refractivity contribution < 1.29 is 27.4 Å². The molecule has 0 unspecified atom stereocenters. The summed E-state index contributed by atoms with van der Waals surface area (Å²) in [6.45, 7) is 0. The van der Waals surface area contributed by atoms with Crippen LogP contribution in [-0.4, -0.2) is 32.9 Å². The van der Waals surface area contributed by atoms with E-state index in [9.17, 15) is 22.7 Å². The Labute approximate surface area is 116 Å². The van der Waals surface area contributed by atoms with Crippen LogP contribution in [0.4, 0.5) is 4.39 Å². The lowest BCUT2D eigenvalue weighted by molar-refractivity contribution is -0.147. The Bertz CT molecular complexity index is 662. The molecule has 1 aromatic rings. The van der Waals surface area contributed by atoms with Gasteiger partial charge in [0, 0.05) is 11.8 Å². The van der Waals surface area contributed by atoms with Gasteiger partial charge in [-0.3, -0.25) is 4.79 Å². The van der Waals surface area contributed by atoms with E-state index >= 15 is 0 Å². The number of carboxylic acid groups (broad SMARTS) is 1. The molecule has 0 bridgehead atoms. The molecule has 1 N–H and O–H groups in total. The van der Waals surface area contributed by atoms with Gasteiger partial charge in [-0.2, -0.15) is 0 Å². The molecular formula is C13H15FO5S. The molecule has 1 fully saturated rings. The molecule has 1 saturated carbocycles. The molecule has 0 atom stereocenters. The zero-order chi connectivity index (χ0) is 15.1. The van der Waals surface area contributed by atoms with Crippen molar-refractivity contribution in [3.05, 3.63) is 23.5 Å². The highest BCUT2D eigenvalue weighted by atomic mass is 32.2. The first kappa shape index (κ1) is 14.8. The maximum absolute atomic E-state index is 14.3. The molecule has 2 rings (SSSR count). The Morgan fingerprint density at radius 1 is 1.40 bits per heavy atom. The van der Waals surface area contributed by atoms with E-state index < -0.39 is 31.9 Å². The van der Waals surface area contributed by atoms with Crippen molar-refractivity contribution in [1.29, 1.82) is 0 Å². The minimum Gasteiger partial charge on any atom is -0.493 e. The van der Waals surface area contributed by atoms with Crippen LogP contribution >= 0.6 is 0 Å². The van der Waals surface area contributed by atoms with Crippen LogP contribution in [0.5, 0.6) is 5.75 Å². The van der Waals surface area contributed by atoms with Crippen molar-refractivity contribution in [2.75, 3.05) is 13.4 Å².